The number of rotatable bonds is 0. The number of aromatic nitrogens is 1. The van der Waals surface area contributed by atoms with Gasteiger partial charge >= 0.3 is 6.18 Å². The highest BCUT2D eigenvalue weighted by molar-refractivity contribution is 7.71. The summed E-state index contributed by atoms with van der Waals surface area (Å²) in [7, 11) is 0. The molecule has 0 spiro atoms. The van der Waals surface area contributed by atoms with E-state index in [1.807, 2.05) is 4.98 Å². The first-order valence-corrected chi connectivity index (χ1v) is 3.38. The van der Waals surface area contributed by atoms with Crippen molar-refractivity contribution in [1.82, 2.24) is 4.98 Å². The lowest BCUT2D eigenvalue weighted by atomic mass is 10.3. The number of pyridine rings is 1. The smallest absolute Gasteiger partial charge is 0.396 e. The Bertz CT molecular complexity index is 341. The van der Waals surface area contributed by atoms with Crippen molar-refractivity contribution in [3.05, 3.63) is 22.5 Å². The summed E-state index contributed by atoms with van der Waals surface area (Å²) in [6.07, 6.45) is -4.40. The number of alkyl halides is 3. The van der Waals surface area contributed by atoms with Crippen LogP contribution in [0.4, 0.5) is 18.9 Å². The van der Waals surface area contributed by atoms with E-state index >= 15 is 0 Å². The Morgan fingerprint density at radius 3 is 2.33 bits per heavy atom. The normalized spacial score (nSPS) is 11.6. The maximum Gasteiger partial charge on any atom is 0.431 e. The van der Waals surface area contributed by atoms with E-state index in [1.165, 1.54) is 0 Å². The van der Waals surface area contributed by atoms with Crippen LogP contribution in [-0.4, -0.2) is 4.98 Å². The topological polar surface area (TPSA) is 41.8 Å². The average molecular weight is 194 g/mol. The van der Waals surface area contributed by atoms with E-state index in [1.54, 1.807) is 0 Å². The van der Waals surface area contributed by atoms with Crippen LogP contribution >= 0.6 is 12.2 Å². The van der Waals surface area contributed by atoms with Crippen LogP contribution in [0.15, 0.2) is 12.1 Å². The zero-order valence-corrected chi connectivity index (χ0v) is 6.59. The van der Waals surface area contributed by atoms with Crippen LogP contribution in [0.25, 0.3) is 0 Å². The number of hydrogen-bond donors (Lipinski definition) is 2. The second-order valence-corrected chi connectivity index (χ2v) is 2.56. The molecule has 1 aromatic rings. The fourth-order valence-corrected chi connectivity index (χ4v) is 0.828. The van der Waals surface area contributed by atoms with Gasteiger partial charge in [0.1, 0.15) is 10.3 Å². The number of nitrogens with two attached hydrogens (primary N) is 1. The van der Waals surface area contributed by atoms with Crippen LogP contribution in [0.2, 0.25) is 0 Å². The van der Waals surface area contributed by atoms with Gasteiger partial charge in [-0.15, -0.1) is 0 Å². The molecule has 1 heterocycles. The number of nitrogens with one attached hydrogen (secondary N) is 1. The fourth-order valence-electron chi connectivity index (χ4n) is 0.650. The third kappa shape index (κ3) is 1.76. The third-order valence-electron chi connectivity index (χ3n) is 1.25. The molecule has 0 bridgehead atoms. The molecule has 0 amide bonds. The molecule has 3 N–H and O–H groups in total. The first-order valence-electron chi connectivity index (χ1n) is 2.97. The summed E-state index contributed by atoms with van der Waals surface area (Å²) in [6, 6.07) is 1.98. The number of aromatic amines is 1. The van der Waals surface area contributed by atoms with Gasteiger partial charge in [-0.1, -0.05) is 12.2 Å². The molecule has 0 saturated heterocycles. The summed E-state index contributed by atoms with van der Waals surface area (Å²) in [5.41, 5.74) is 4.48. The van der Waals surface area contributed by atoms with Crippen molar-refractivity contribution in [1.29, 1.82) is 0 Å². The maximum absolute atomic E-state index is 12.0. The van der Waals surface area contributed by atoms with Gasteiger partial charge in [-0.25, -0.2) is 0 Å². The van der Waals surface area contributed by atoms with Crippen molar-refractivity contribution in [2.45, 2.75) is 6.18 Å². The van der Waals surface area contributed by atoms with Gasteiger partial charge < -0.3 is 10.7 Å². The first-order chi connectivity index (χ1) is 5.41. The summed E-state index contributed by atoms with van der Waals surface area (Å²) in [4.78, 5) is 1.98. The summed E-state index contributed by atoms with van der Waals surface area (Å²) >= 11 is 4.53. The van der Waals surface area contributed by atoms with Gasteiger partial charge in [0.15, 0.2) is 0 Å². The highest BCUT2D eigenvalue weighted by atomic mass is 32.1. The fraction of sp³-hybridized carbons (Fsp3) is 0.167. The summed E-state index contributed by atoms with van der Waals surface area (Å²) < 4.78 is 35.9. The molecule has 1 rings (SSSR count). The minimum atomic E-state index is -4.40. The minimum absolute atomic E-state index is 0.0928. The average Bonchev–Trinajstić information content (AvgIpc) is 1.92. The molecule has 0 saturated carbocycles. The molecule has 66 valence electrons. The summed E-state index contributed by atoms with van der Waals surface area (Å²) in [6.45, 7) is 0. The molecule has 0 fully saturated rings. The minimum Gasteiger partial charge on any atom is -0.396 e. The zero-order valence-electron chi connectivity index (χ0n) is 5.77. The Balaban J connectivity index is 3.23. The zero-order chi connectivity index (χ0) is 9.35. The van der Waals surface area contributed by atoms with Crippen molar-refractivity contribution in [2.75, 3.05) is 5.73 Å². The standard InChI is InChI=1S/C6H5F3N2S/c7-6(8,9)4-2-1-3(10)5(12)11-4/h1-2H,10H2,(H,11,12). The number of hydrogen-bond acceptors (Lipinski definition) is 2. The molecule has 0 aliphatic rings. The second kappa shape index (κ2) is 2.78. The van der Waals surface area contributed by atoms with Crippen LogP contribution in [-0.2, 0) is 6.18 Å². The quantitative estimate of drug-likeness (QED) is 0.622. The molecule has 2 nitrogen and oxygen atoms in total. The van der Waals surface area contributed by atoms with E-state index in [9.17, 15) is 13.2 Å². The molecule has 0 aliphatic carbocycles. The van der Waals surface area contributed by atoms with Crippen molar-refractivity contribution in [2.24, 2.45) is 0 Å². The van der Waals surface area contributed by atoms with Gasteiger partial charge in [-0.05, 0) is 12.1 Å². The van der Waals surface area contributed by atoms with Gasteiger partial charge in [0.25, 0.3) is 0 Å². The SMILES string of the molecule is Nc1ccc(C(F)(F)F)[nH]c1=S. The van der Waals surface area contributed by atoms with Crippen molar-refractivity contribution in [3.63, 3.8) is 0 Å². The number of anilines is 1. The van der Waals surface area contributed by atoms with Crippen LogP contribution in [0.1, 0.15) is 5.69 Å². The van der Waals surface area contributed by atoms with Gasteiger partial charge in [-0.2, -0.15) is 13.2 Å². The van der Waals surface area contributed by atoms with E-state index in [0.717, 1.165) is 12.1 Å². The van der Waals surface area contributed by atoms with Crippen LogP contribution in [0, 0.1) is 4.64 Å². The second-order valence-electron chi connectivity index (χ2n) is 2.15. The van der Waals surface area contributed by atoms with E-state index in [4.69, 9.17) is 5.73 Å². The van der Waals surface area contributed by atoms with Crippen molar-refractivity contribution < 1.29 is 13.2 Å². The molecule has 0 aromatic carbocycles. The Morgan fingerprint density at radius 1 is 1.33 bits per heavy atom. The van der Waals surface area contributed by atoms with Crippen LogP contribution in [0.5, 0.6) is 0 Å². The van der Waals surface area contributed by atoms with E-state index in [0.29, 0.717) is 0 Å². The molecule has 0 atom stereocenters. The molecular weight excluding hydrogens is 189 g/mol. The molecule has 12 heavy (non-hydrogen) atoms. The molecule has 6 heteroatoms. The van der Waals surface area contributed by atoms with Crippen molar-refractivity contribution in [3.8, 4) is 0 Å². The highest BCUT2D eigenvalue weighted by Crippen LogP contribution is 2.27. The lowest BCUT2D eigenvalue weighted by molar-refractivity contribution is -0.141. The lowest BCUT2D eigenvalue weighted by Gasteiger charge is -2.06. The van der Waals surface area contributed by atoms with Gasteiger partial charge in [0.05, 0.1) is 5.69 Å². The molecule has 0 unspecified atom stereocenters. The summed E-state index contributed by atoms with van der Waals surface area (Å²) in [5, 5.41) is 0. The molecule has 0 radical (unpaired) electrons. The Labute approximate surface area is 71.2 Å². The monoisotopic (exact) mass is 194 g/mol. The summed E-state index contributed by atoms with van der Waals surface area (Å²) in [5.74, 6) is 0. The lowest BCUT2D eigenvalue weighted by Crippen LogP contribution is -2.08. The largest absolute Gasteiger partial charge is 0.431 e. The maximum atomic E-state index is 12.0. The first kappa shape index (κ1) is 9.05. The van der Waals surface area contributed by atoms with Gasteiger partial charge in [0.2, 0.25) is 0 Å². The molecular formula is C6H5F3N2S. The van der Waals surface area contributed by atoms with Crippen LogP contribution in [0.3, 0.4) is 0 Å². The highest BCUT2D eigenvalue weighted by Gasteiger charge is 2.31. The number of halogens is 3. The molecule has 0 aliphatic heterocycles. The van der Waals surface area contributed by atoms with E-state index < -0.39 is 11.9 Å². The Morgan fingerprint density at radius 2 is 1.92 bits per heavy atom. The number of H-pyrrole nitrogens is 1. The van der Waals surface area contributed by atoms with E-state index in [2.05, 4.69) is 12.2 Å². The Hall–Kier alpha value is -1.04. The van der Waals surface area contributed by atoms with Crippen molar-refractivity contribution >= 4 is 17.9 Å². The predicted octanol–water partition coefficient (Wildman–Crippen LogP) is 2.35. The van der Waals surface area contributed by atoms with E-state index in [-0.39, 0.29) is 10.3 Å². The molecule has 1 aromatic heterocycles. The van der Waals surface area contributed by atoms with Gasteiger partial charge in [-0.3, -0.25) is 0 Å². The van der Waals surface area contributed by atoms with Gasteiger partial charge in [0, 0.05) is 0 Å². The third-order valence-corrected chi connectivity index (χ3v) is 1.58. The Kier molecular flexibility index (Phi) is 2.10. The van der Waals surface area contributed by atoms with Crippen LogP contribution < -0.4 is 5.73 Å². The predicted molar refractivity (Wildman–Crippen MR) is 41.0 cm³/mol. The number of nitrogen functional groups attached to an aromatic ring is 1.